The third-order valence-electron chi connectivity index (χ3n) is 3.60. The van der Waals surface area contributed by atoms with Crippen LogP contribution in [0.2, 0.25) is 0 Å². The molecule has 0 aliphatic rings. The molecule has 1 amide bonds. The number of carbonyl (C=O) groups is 1. The van der Waals surface area contributed by atoms with E-state index < -0.39 is 5.82 Å². The largest absolute Gasteiger partial charge is 0.491 e. The molecule has 138 valence electrons. The summed E-state index contributed by atoms with van der Waals surface area (Å²) in [4.78, 5) is 16.6. The van der Waals surface area contributed by atoms with E-state index in [0.29, 0.717) is 17.1 Å². The molecular weight excluding hydrogens is 345 g/mol. The standard InChI is InChI=1S/C21H20FN3O2/c1-14(2)27-19-8-6-17(7-9-19)24-20-12-15(10-11-23-20)21(26)25-18-5-3-4-16(22)13-18/h3-14H,1-2H3,(H,23,24)(H,25,26). The number of anilines is 3. The summed E-state index contributed by atoms with van der Waals surface area (Å²) in [7, 11) is 0. The van der Waals surface area contributed by atoms with Crippen LogP contribution in [0.3, 0.4) is 0 Å². The van der Waals surface area contributed by atoms with Crippen LogP contribution in [0, 0.1) is 5.82 Å². The fourth-order valence-corrected chi connectivity index (χ4v) is 2.45. The Labute approximate surface area is 157 Å². The van der Waals surface area contributed by atoms with Crippen LogP contribution in [0.1, 0.15) is 24.2 Å². The molecule has 0 unspecified atom stereocenters. The number of nitrogens with zero attached hydrogens (tertiary/aromatic N) is 1. The van der Waals surface area contributed by atoms with Crippen LogP contribution in [0.15, 0.2) is 66.9 Å². The van der Waals surface area contributed by atoms with Crippen molar-refractivity contribution in [2.24, 2.45) is 0 Å². The van der Waals surface area contributed by atoms with Crippen molar-refractivity contribution in [2.75, 3.05) is 10.6 Å². The predicted molar refractivity (Wildman–Crippen MR) is 104 cm³/mol. The average Bonchev–Trinajstić information content (AvgIpc) is 2.63. The van der Waals surface area contributed by atoms with Crippen molar-refractivity contribution in [3.05, 3.63) is 78.2 Å². The number of pyridine rings is 1. The lowest BCUT2D eigenvalue weighted by atomic mass is 10.2. The number of benzene rings is 2. The van der Waals surface area contributed by atoms with Gasteiger partial charge in [-0.15, -0.1) is 0 Å². The number of amides is 1. The Kier molecular flexibility index (Phi) is 5.66. The topological polar surface area (TPSA) is 63.2 Å². The molecule has 3 rings (SSSR count). The molecule has 0 saturated carbocycles. The first-order valence-electron chi connectivity index (χ1n) is 8.56. The Morgan fingerprint density at radius 3 is 2.52 bits per heavy atom. The second kappa shape index (κ2) is 8.31. The van der Waals surface area contributed by atoms with Crippen LogP contribution >= 0.6 is 0 Å². The summed E-state index contributed by atoms with van der Waals surface area (Å²) in [6, 6.07) is 16.5. The van der Waals surface area contributed by atoms with Gasteiger partial charge in [0.1, 0.15) is 17.4 Å². The van der Waals surface area contributed by atoms with E-state index in [2.05, 4.69) is 15.6 Å². The maximum atomic E-state index is 13.2. The first-order valence-corrected chi connectivity index (χ1v) is 8.56. The Bertz CT molecular complexity index is 927. The second-order valence-electron chi connectivity index (χ2n) is 6.21. The summed E-state index contributed by atoms with van der Waals surface area (Å²) >= 11 is 0. The highest BCUT2D eigenvalue weighted by Gasteiger charge is 2.08. The van der Waals surface area contributed by atoms with Crippen molar-refractivity contribution in [1.82, 2.24) is 4.98 Å². The van der Waals surface area contributed by atoms with Gasteiger partial charge in [0, 0.05) is 23.1 Å². The highest BCUT2D eigenvalue weighted by atomic mass is 19.1. The predicted octanol–water partition coefficient (Wildman–Crippen LogP) is 5.00. The van der Waals surface area contributed by atoms with Gasteiger partial charge in [0.2, 0.25) is 0 Å². The van der Waals surface area contributed by atoms with Crippen LogP contribution < -0.4 is 15.4 Å². The molecule has 0 spiro atoms. The SMILES string of the molecule is CC(C)Oc1ccc(Nc2cc(C(=O)Nc3cccc(F)c3)ccn2)cc1. The number of hydrogen-bond donors (Lipinski definition) is 2. The van der Waals surface area contributed by atoms with E-state index in [1.165, 1.54) is 18.2 Å². The molecule has 2 aromatic carbocycles. The first kappa shape index (κ1) is 18.4. The maximum Gasteiger partial charge on any atom is 0.255 e. The second-order valence-corrected chi connectivity index (χ2v) is 6.21. The molecule has 0 aliphatic heterocycles. The number of nitrogens with one attached hydrogen (secondary N) is 2. The fourth-order valence-electron chi connectivity index (χ4n) is 2.45. The number of ether oxygens (including phenoxy) is 1. The van der Waals surface area contributed by atoms with Crippen molar-refractivity contribution in [2.45, 2.75) is 20.0 Å². The molecule has 0 radical (unpaired) electrons. The maximum absolute atomic E-state index is 13.2. The van der Waals surface area contributed by atoms with Crippen molar-refractivity contribution < 1.29 is 13.9 Å². The highest BCUT2D eigenvalue weighted by molar-refractivity contribution is 6.04. The molecule has 0 atom stereocenters. The molecular formula is C21H20FN3O2. The summed E-state index contributed by atoms with van der Waals surface area (Å²) in [6.45, 7) is 3.94. The van der Waals surface area contributed by atoms with E-state index in [-0.39, 0.29) is 12.0 Å². The molecule has 0 fully saturated rings. The lowest BCUT2D eigenvalue weighted by molar-refractivity contribution is 0.102. The summed E-state index contributed by atoms with van der Waals surface area (Å²) in [6.07, 6.45) is 1.65. The molecule has 1 heterocycles. The van der Waals surface area contributed by atoms with Crippen LogP contribution in [0.4, 0.5) is 21.6 Å². The van der Waals surface area contributed by atoms with Gasteiger partial charge in [0.15, 0.2) is 0 Å². The molecule has 27 heavy (non-hydrogen) atoms. The lowest BCUT2D eigenvalue weighted by Gasteiger charge is -2.11. The Hall–Kier alpha value is -3.41. The third kappa shape index (κ3) is 5.28. The lowest BCUT2D eigenvalue weighted by Crippen LogP contribution is -2.12. The van der Waals surface area contributed by atoms with Gasteiger partial charge in [-0.25, -0.2) is 9.37 Å². The van der Waals surface area contributed by atoms with E-state index in [1.807, 2.05) is 38.1 Å². The Morgan fingerprint density at radius 2 is 1.81 bits per heavy atom. The van der Waals surface area contributed by atoms with Crippen molar-refractivity contribution in [3.8, 4) is 5.75 Å². The van der Waals surface area contributed by atoms with Gasteiger partial charge in [-0.3, -0.25) is 4.79 Å². The number of aromatic nitrogens is 1. The van der Waals surface area contributed by atoms with E-state index in [1.54, 1.807) is 24.4 Å². The minimum Gasteiger partial charge on any atom is -0.491 e. The van der Waals surface area contributed by atoms with E-state index in [9.17, 15) is 9.18 Å². The third-order valence-corrected chi connectivity index (χ3v) is 3.60. The molecule has 5 nitrogen and oxygen atoms in total. The normalized spacial score (nSPS) is 10.5. The molecule has 2 N–H and O–H groups in total. The van der Waals surface area contributed by atoms with E-state index in [0.717, 1.165) is 11.4 Å². The number of halogens is 1. The Morgan fingerprint density at radius 1 is 1.04 bits per heavy atom. The monoisotopic (exact) mass is 365 g/mol. The fraction of sp³-hybridized carbons (Fsp3) is 0.143. The molecule has 0 bridgehead atoms. The quantitative estimate of drug-likeness (QED) is 0.645. The van der Waals surface area contributed by atoms with Gasteiger partial charge in [0.05, 0.1) is 6.10 Å². The van der Waals surface area contributed by atoms with Crippen LogP contribution in [-0.2, 0) is 0 Å². The van der Waals surface area contributed by atoms with Gasteiger partial charge >= 0.3 is 0 Å². The van der Waals surface area contributed by atoms with Crippen molar-refractivity contribution in [1.29, 1.82) is 0 Å². The summed E-state index contributed by atoms with van der Waals surface area (Å²) in [5.41, 5.74) is 1.63. The van der Waals surface area contributed by atoms with Crippen LogP contribution in [0.25, 0.3) is 0 Å². The summed E-state index contributed by atoms with van der Waals surface area (Å²) < 4.78 is 18.9. The molecule has 1 aromatic heterocycles. The average molecular weight is 365 g/mol. The van der Waals surface area contributed by atoms with Crippen LogP contribution in [0.5, 0.6) is 5.75 Å². The van der Waals surface area contributed by atoms with Crippen LogP contribution in [-0.4, -0.2) is 17.0 Å². The van der Waals surface area contributed by atoms with Gasteiger partial charge in [-0.1, -0.05) is 6.07 Å². The minimum atomic E-state index is -0.408. The molecule has 3 aromatic rings. The minimum absolute atomic E-state index is 0.110. The smallest absolute Gasteiger partial charge is 0.255 e. The van der Waals surface area contributed by atoms with E-state index in [4.69, 9.17) is 4.74 Å². The molecule has 0 saturated heterocycles. The van der Waals surface area contributed by atoms with Gasteiger partial charge < -0.3 is 15.4 Å². The van der Waals surface area contributed by atoms with Gasteiger partial charge in [-0.2, -0.15) is 0 Å². The van der Waals surface area contributed by atoms with Crippen molar-refractivity contribution >= 4 is 23.1 Å². The van der Waals surface area contributed by atoms with Crippen molar-refractivity contribution in [3.63, 3.8) is 0 Å². The zero-order chi connectivity index (χ0) is 19.2. The summed E-state index contributed by atoms with van der Waals surface area (Å²) in [5.74, 6) is 0.563. The van der Waals surface area contributed by atoms with Gasteiger partial charge in [0.25, 0.3) is 5.91 Å². The summed E-state index contributed by atoms with van der Waals surface area (Å²) in [5, 5.41) is 5.81. The number of carbonyl (C=O) groups excluding carboxylic acids is 1. The Balaban J connectivity index is 1.68. The van der Waals surface area contributed by atoms with E-state index >= 15 is 0 Å². The zero-order valence-electron chi connectivity index (χ0n) is 15.1. The molecule has 6 heteroatoms. The van der Waals surface area contributed by atoms with Gasteiger partial charge in [-0.05, 0) is 68.4 Å². The first-order chi connectivity index (χ1) is 13.0. The molecule has 0 aliphatic carbocycles. The zero-order valence-corrected chi connectivity index (χ0v) is 15.1. The number of hydrogen-bond acceptors (Lipinski definition) is 4. The highest BCUT2D eigenvalue weighted by Crippen LogP contribution is 2.20. The number of rotatable bonds is 6.